The van der Waals surface area contributed by atoms with E-state index in [1.165, 1.54) is 6.07 Å². The molecule has 154 valence electrons. The van der Waals surface area contributed by atoms with Gasteiger partial charge < -0.3 is 10.2 Å². The first kappa shape index (κ1) is 21.2. The predicted octanol–water partition coefficient (Wildman–Crippen LogP) is 4.32. The van der Waals surface area contributed by atoms with Gasteiger partial charge in [-0.15, -0.1) is 0 Å². The van der Waals surface area contributed by atoms with Crippen molar-refractivity contribution in [1.82, 2.24) is 10.2 Å². The van der Waals surface area contributed by atoms with Gasteiger partial charge in [-0.25, -0.2) is 0 Å². The molecule has 30 heavy (non-hydrogen) atoms. The van der Waals surface area contributed by atoms with E-state index in [0.29, 0.717) is 25.1 Å². The summed E-state index contributed by atoms with van der Waals surface area (Å²) in [5.41, 5.74) is 2.77. The fourth-order valence-electron chi connectivity index (χ4n) is 3.37. The quantitative estimate of drug-likeness (QED) is 0.426. The summed E-state index contributed by atoms with van der Waals surface area (Å²) in [7, 11) is 1.86. The summed E-state index contributed by atoms with van der Waals surface area (Å²) in [6.45, 7) is 0.902. The molecule has 3 aromatic rings. The fourth-order valence-corrected chi connectivity index (χ4v) is 3.37. The van der Waals surface area contributed by atoms with Crippen LogP contribution < -0.4 is 5.32 Å². The van der Waals surface area contributed by atoms with Crippen molar-refractivity contribution in [3.8, 4) is 0 Å². The van der Waals surface area contributed by atoms with Crippen LogP contribution >= 0.6 is 0 Å². The van der Waals surface area contributed by atoms with E-state index in [1.807, 2.05) is 72.6 Å². The summed E-state index contributed by atoms with van der Waals surface area (Å²) >= 11 is 0. The summed E-state index contributed by atoms with van der Waals surface area (Å²) in [5, 5.41) is 14.3. The first-order valence-electron chi connectivity index (χ1n) is 9.84. The number of para-hydroxylation sites is 1. The molecule has 0 aromatic heterocycles. The van der Waals surface area contributed by atoms with Crippen LogP contribution in [0.2, 0.25) is 0 Å². The van der Waals surface area contributed by atoms with Gasteiger partial charge in [-0.2, -0.15) is 0 Å². The molecule has 6 nitrogen and oxygen atoms in total. The van der Waals surface area contributed by atoms with Crippen molar-refractivity contribution >= 4 is 11.6 Å². The highest BCUT2D eigenvalue weighted by Gasteiger charge is 2.18. The smallest absolute Gasteiger partial charge is 0.273 e. The van der Waals surface area contributed by atoms with E-state index in [4.69, 9.17) is 0 Å². The third kappa shape index (κ3) is 5.75. The Morgan fingerprint density at radius 1 is 0.933 bits per heavy atom. The van der Waals surface area contributed by atoms with Crippen LogP contribution in [0.5, 0.6) is 0 Å². The van der Waals surface area contributed by atoms with Gasteiger partial charge in [-0.05, 0) is 18.2 Å². The van der Waals surface area contributed by atoms with Crippen LogP contribution in [0.4, 0.5) is 5.69 Å². The minimum absolute atomic E-state index is 0.0675. The number of rotatable bonds is 9. The first-order chi connectivity index (χ1) is 14.5. The minimum atomic E-state index is -0.375. The molecule has 0 spiro atoms. The van der Waals surface area contributed by atoms with E-state index in [9.17, 15) is 14.9 Å². The van der Waals surface area contributed by atoms with Gasteiger partial charge in [-0.1, -0.05) is 78.9 Å². The maximum absolute atomic E-state index is 12.7. The maximum atomic E-state index is 12.7. The first-order valence-corrected chi connectivity index (χ1v) is 9.84. The third-order valence-electron chi connectivity index (χ3n) is 4.92. The molecule has 3 aromatic carbocycles. The Bertz CT molecular complexity index is 938. The number of nitrogens with one attached hydrogen (secondary N) is 1. The van der Waals surface area contributed by atoms with Crippen LogP contribution in [0, 0.1) is 10.1 Å². The average molecular weight is 403 g/mol. The second kappa shape index (κ2) is 10.3. The number of benzene rings is 3. The van der Waals surface area contributed by atoms with Crippen molar-refractivity contribution < 1.29 is 9.72 Å². The summed E-state index contributed by atoms with van der Waals surface area (Å²) in [5.74, 6) is -0.0675. The minimum Gasteiger partial charge on any atom is -0.345 e. The molecule has 6 heteroatoms. The molecule has 0 atom stereocenters. The van der Waals surface area contributed by atoms with Crippen LogP contribution in [-0.2, 0) is 11.3 Å². The van der Waals surface area contributed by atoms with E-state index in [-0.39, 0.29) is 22.6 Å². The Morgan fingerprint density at radius 3 is 2.03 bits per heavy atom. The number of amides is 1. The van der Waals surface area contributed by atoms with Gasteiger partial charge in [0.25, 0.3) is 5.69 Å². The lowest BCUT2D eigenvalue weighted by atomic mass is 9.98. The molecule has 0 bridgehead atoms. The summed E-state index contributed by atoms with van der Waals surface area (Å²) in [6, 6.07) is 26.2. The second-order valence-electron chi connectivity index (χ2n) is 7.20. The standard InChI is InChI=1S/C24H25N3O3/c1-26(18-21-14-8-9-15-22(21)27(29)30)17-16-23(28)25-24(19-10-4-2-5-11-19)20-12-6-3-7-13-20/h2-15,24H,16-18H2,1H3,(H,25,28). The van der Waals surface area contributed by atoms with E-state index < -0.39 is 0 Å². The zero-order chi connectivity index (χ0) is 21.3. The lowest BCUT2D eigenvalue weighted by Crippen LogP contribution is -2.32. The number of nitro benzene ring substituents is 1. The summed E-state index contributed by atoms with van der Waals surface area (Å²) in [6.07, 6.45) is 0.299. The van der Waals surface area contributed by atoms with Gasteiger partial charge in [0.2, 0.25) is 5.91 Å². The molecule has 3 rings (SSSR count). The molecule has 0 unspecified atom stereocenters. The topological polar surface area (TPSA) is 75.5 Å². The largest absolute Gasteiger partial charge is 0.345 e. The van der Waals surface area contributed by atoms with Gasteiger partial charge in [-0.3, -0.25) is 14.9 Å². The zero-order valence-electron chi connectivity index (χ0n) is 16.9. The number of hydrogen-bond donors (Lipinski definition) is 1. The summed E-state index contributed by atoms with van der Waals surface area (Å²) in [4.78, 5) is 25.4. The van der Waals surface area contributed by atoms with Crippen LogP contribution in [0.25, 0.3) is 0 Å². The Balaban J connectivity index is 1.62. The highest BCUT2D eigenvalue weighted by atomic mass is 16.6. The van der Waals surface area contributed by atoms with Crippen molar-refractivity contribution in [2.75, 3.05) is 13.6 Å². The van der Waals surface area contributed by atoms with Gasteiger partial charge in [0.1, 0.15) is 0 Å². The molecule has 0 aliphatic carbocycles. The molecule has 1 amide bonds. The van der Waals surface area contributed by atoms with Crippen LogP contribution in [-0.4, -0.2) is 29.3 Å². The highest BCUT2D eigenvalue weighted by molar-refractivity contribution is 5.77. The molecule has 0 aliphatic rings. The molecule has 0 radical (unpaired) electrons. The Morgan fingerprint density at radius 2 is 1.47 bits per heavy atom. The Labute approximate surface area is 176 Å². The average Bonchev–Trinajstić information content (AvgIpc) is 2.77. The van der Waals surface area contributed by atoms with Crippen LogP contribution in [0.1, 0.15) is 29.2 Å². The van der Waals surface area contributed by atoms with E-state index in [1.54, 1.807) is 18.2 Å². The highest BCUT2D eigenvalue weighted by Crippen LogP contribution is 2.22. The SMILES string of the molecule is CN(CCC(=O)NC(c1ccccc1)c1ccccc1)Cc1ccccc1[N+](=O)[O-]. The molecular formula is C24H25N3O3. The predicted molar refractivity (Wildman–Crippen MR) is 117 cm³/mol. The second-order valence-corrected chi connectivity index (χ2v) is 7.20. The zero-order valence-corrected chi connectivity index (χ0v) is 16.9. The van der Waals surface area contributed by atoms with Crippen LogP contribution in [0.3, 0.4) is 0 Å². The Hall–Kier alpha value is -3.51. The van der Waals surface area contributed by atoms with Crippen molar-refractivity contribution in [3.05, 3.63) is 112 Å². The Kier molecular flexibility index (Phi) is 7.29. The molecule has 0 saturated carbocycles. The molecular weight excluding hydrogens is 378 g/mol. The van der Waals surface area contributed by atoms with Crippen molar-refractivity contribution in [2.24, 2.45) is 0 Å². The van der Waals surface area contributed by atoms with Gasteiger partial charge >= 0.3 is 0 Å². The van der Waals surface area contributed by atoms with Crippen molar-refractivity contribution in [2.45, 2.75) is 19.0 Å². The summed E-state index contributed by atoms with van der Waals surface area (Å²) < 4.78 is 0. The molecule has 0 heterocycles. The third-order valence-corrected chi connectivity index (χ3v) is 4.92. The van der Waals surface area contributed by atoms with E-state index in [0.717, 1.165) is 11.1 Å². The lowest BCUT2D eigenvalue weighted by Gasteiger charge is -2.21. The molecule has 0 saturated heterocycles. The number of hydrogen-bond acceptors (Lipinski definition) is 4. The normalized spacial score (nSPS) is 10.9. The lowest BCUT2D eigenvalue weighted by molar-refractivity contribution is -0.385. The molecule has 0 fully saturated rings. The number of nitrogens with zero attached hydrogens (tertiary/aromatic N) is 2. The molecule has 1 N–H and O–H groups in total. The van der Waals surface area contributed by atoms with Gasteiger partial charge in [0.15, 0.2) is 0 Å². The maximum Gasteiger partial charge on any atom is 0.273 e. The fraction of sp³-hybridized carbons (Fsp3) is 0.208. The number of carbonyl (C=O) groups is 1. The molecule has 0 aliphatic heterocycles. The van der Waals surface area contributed by atoms with Gasteiger partial charge in [0, 0.05) is 31.1 Å². The number of nitro groups is 1. The van der Waals surface area contributed by atoms with Crippen molar-refractivity contribution in [3.63, 3.8) is 0 Å². The van der Waals surface area contributed by atoms with Crippen molar-refractivity contribution in [1.29, 1.82) is 0 Å². The van der Waals surface area contributed by atoms with Gasteiger partial charge in [0.05, 0.1) is 11.0 Å². The number of carbonyl (C=O) groups excluding carboxylic acids is 1. The van der Waals surface area contributed by atoms with E-state index >= 15 is 0 Å². The van der Waals surface area contributed by atoms with Crippen LogP contribution in [0.15, 0.2) is 84.9 Å². The monoisotopic (exact) mass is 403 g/mol. The van der Waals surface area contributed by atoms with E-state index in [2.05, 4.69) is 5.32 Å².